The Balaban J connectivity index is 1.35. The van der Waals surface area contributed by atoms with Gasteiger partial charge in [0.25, 0.3) is 5.91 Å². The topological polar surface area (TPSA) is 80.1 Å². The normalized spacial score (nSPS) is 19.2. The Morgan fingerprint density at radius 1 is 1.12 bits per heavy atom. The van der Waals surface area contributed by atoms with E-state index >= 15 is 0 Å². The minimum atomic E-state index is -0.572. The number of amides is 2. The maximum absolute atomic E-state index is 12.6. The van der Waals surface area contributed by atoms with Gasteiger partial charge in [-0.3, -0.25) is 9.59 Å². The zero-order valence-electron chi connectivity index (χ0n) is 14.9. The van der Waals surface area contributed by atoms with E-state index in [4.69, 9.17) is 0 Å². The summed E-state index contributed by atoms with van der Waals surface area (Å²) in [6.07, 6.45) is 6.35. The van der Waals surface area contributed by atoms with Gasteiger partial charge in [0.05, 0.1) is 11.9 Å². The molecule has 2 heterocycles. The zero-order valence-corrected chi connectivity index (χ0v) is 14.9. The van der Waals surface area contributed by atoms with E-state index in [0.29, 0.717) is 5.41 Å². The Hall–Kier alpha value is -2.70. The first-order valence-corrected chi connectivity index (χ1v) is 9.14. The number of likely N-dealkylation sites (tertiary alicyclic amines) is 1. The third-order valence-electron chi connectivity index (χ3n) is 5.56. The number of hydrogen-bond donors (Lipinski definition) is 1. The predicted molar refractivity (Wildman–Crippen MR) is 95.8 cm³/mol. The number of carbonyl (C=O) groups excluding carboxylic acids is 2. The number of carbonyl (C=O) groups is 2. The maximum Gasteiger partial charge on any atom is 0.274 e. The number of nitrogens with one attached hydrogen (secondary N) is 1. The summed E-state index contributed by atoms with van der Waals surface area (Å²) < 4.78 is 1.54. The second-order valence-corrected chi connectivity index (χ2v) is 7.40. The number of hydrogen-bond acceptors (Lipinski definition) is 4. The number of aromatic nitrogens is 3. The van der Waals surface area contributed by atoms with Crippen LogP contribution in [0.15, 0.2) is 36.5 Å². The van der Waals surface area contributed by atoms with Crippen LogP contribution in [0.25, 0.3) is 5.69 Å². The Bertz CT molecular complexity index is 802. The molecule has 1 aliphatic carbocycles. The first kappa shape index (κ1) is 16.8. The van der Waals surface area contributed by atoms with E-state index in [1.165, 1.54) is 12.8 Å². The van der Waals surface area contributed by atoms with E-state index in [-0.39, 0.29) is 17.5 Å². The third kappa shape index (κ3) is 3.34. The Labute approximate surface area is 152 Å². The summed E-state index contributed by atoms with van der Waals surface area (Å²) in [5.74, 6) is -0.409. The minimum absolute atomic E-state index is 0.0238. The van der Waals surface area contributed by atoms with Crippen LogP contribution in [-0.4, -0.2) is 50.8 Å². The molecule has 1 aromatic heterocycles. The van der Waals surface area contributed by atoms with Gasteiger partial charge in [0.2, 0.25) is 5.91 Å². The van der Waals surface area contributed by atoms with Crippen LogP contribution in [0, 0.1) is 5.41 Å². The van der Waals surface area contributed by atoms with E-state index in [1.807, 2.05) is 35.2 Å². The monoisotopic (exact) mass is 353 g/mol. The highest BCUT2D eigenvalue weighted by molar-refractivity contribution is 5.95. The first-order valence-electron chi connectivity index (χ1n) is 9.14. The van der Waals surface area contributed by atoms with E-state index < -0.39 is 6.04 Å². The molecule has 1 spiro atoms. The average molecular weight is 353 g/mol. The molecule has 1 aromatic carbocycles. The molecule has 2 aromatic rings. The van der Waals surface area contributed by atoms with Crippen LogP contribution >= 0.6 is 0 Å². The SMILES string of the molecule is C[C@@H](NC(=O)c1cn(-c2ccccc2)nn1)C(=O)N1CCC2(CC1)CC2. The first-order chi connectivity index (χ1) is 12.6. The molecule has 1 atom stereocenters. The van der Waals surface area contributed by atoms with Crippen molar-refractivity contribution >= 4 is 11.8 Å². The number of para-hydroxylation sites is 1. The summed E-state index contributed by atoms with van der Waals surface area (Å²) in [7, 11) is 0. The van der Waals surface area contributed by atoms with Crippen molar-refractivity contribution in [3.63, 3.8) is 0 Å². The van der Waals surface area contributed by atoms with Gasteiger partial charge in [0.15, 0.2) is 5.69 Å². The Morgan fingerprint density at radius 2 is 1.81 bits per heavy atom. The van der Waals surface area contributed by atoms with Crippen LogP contribution in [-0.2, 0) is 4.79 Å². The molecule has 0 radical (unpaired) electrons. The van der Waals surface area contributed by atoms with Crippen molar-refractivity contribution in [2.45, 2.75) is 38.6 Å². The lowest BCUT2D eigenvalue weighted by atomic mass is 9.93. The van der Waals surface area contributed by atoms with Crippen molar-refractivity contribution in [2.75, 3.05) is 13.1 Å². The summed E-state index contributed by atoms with van der Waals surface area (Å²) in [6.45, 7) is 3.32. The molecule has 7 nitrogen and oxygen atoms in total. The molecule has 2 amide bonds. The predicted octanol–water partition coefficient (Wildman–Crippen LogP) is 1.79. The van der Waals surface area contributed by atoms with Gasteiger partial charge in [-0.15, -0.1) is 5.10 Å². The minimum Gasteiger partial charge on any atom is -0.341 e. The second-order valence-electron chi connectivity index (χ2n) is 7.40. The van der Waals surface area contributed by atoms with Crippen LogP contribution in [0.3, 0.4) is 0 Å². The summed E-state index contributed by atoms with van der Waals surface area (Å²) in [6, 6.07) is 8.88. The third-order valence-corrected chi connectivity index (χ3v) is 5.56. The lowest BCUT2D eigenvalue weighted by molar-refractivity contribution is -0.134. The zero-order chi connectivity index (χ0) is 18.1. The van der Waals surface area contributed by atoms with Gasteiger partial charge in [-0.05, 0) is 50.2 Å². The van der Waals surface area contributed by atoms with Crippen LogP contribution < -0.4 is 5.32 Å². The van der Waals surface area contributed by atoms with Gasteiger partial charge in [0, 0.05) is 13.1 Å². The highest BCUT2D eigenvalue weighted by Crippen LogP contribution is 2.53. The summed E-state index contributed by atoms with van der Waals surface area (Å²) in [5.41, 5.74) is 1.55. The van der Waals surface area contributed by atoms with E-state index in [2.05, 4.69) is 15.6 Å². The molecule has 1 saturated carbocycles. The van der Waals surface area contributed by atoms with Crippen molar-refractivity contribution < 1.29 is 9.59 Å². The molecule has 136 valence electrons. The van der Waals surface area contributed by atoms with Gasteiger partial charge in [-0.25, -0.2) is 4.68 Å². The molecule has 4 rings (SSSR count). The summed E-state index contributed by atoms with van der Waals surface area (Å²) in [5, 5.41) is 10.7. The Morgan fingerprint density at radius 3 is 2.46 bits per heavy atom. The van der Waals surface area contributed by atoms with Crippen molar-refractivity contribution in [3.05, 3.63) is 42.2 Å². The van der Waals surface area contributed by atoms with Gasteiger partial charge in [-0.2, -0.15) is 0 Å². The molecule has 2 aliphatic rings. The number of benzene rings is 1. The van der Waals surface area contributed by atoms with Gasteiger partial charge in [0.1, 0.15) is 6.04 Å². The van der Waals surface area contributed by atoms with Crippen LogP contribution in [0.4, 0.5) is 0 Å². The van der Waals surface area contributed by atoms with Crippen molar-refractivity contribution in [2.24, 2.45) is 5.41 Å². The average Bonchev–Trinajstić information content (AvgIpc) is 3.23. The van der Waals surface area contributed by atoms with E-state index in [9.17, 15) is 9.59 Å². The molecule has 1 N–H and O–H groups in total. The number of nitrogens with zero attached hydrogens (tertiary/aromatic N) is 4. The van der Waals surface area contributed by atoms with E-state index in [1.54, 1.807) is 17.8 Å². The molecular weight excluding hydrogens is 330 g/mol. The van der Waals surface area contributed by atoms with Gasteiger partial charge >= 0.3 is 0 Å². The van der Waals surface area contributed by atoms with Crippen molar-refractivity contribution in [3.8, 4) is 5.69 Å². The van der Waals surface area contributed by atoms with Crippen molar-refractivity contribution in [1.82, 2.24) is 25.2 Å². The molecule has 0 unspecified atom stereocenters. The van der Waals surface area contributed by atoms with Crippen molar-refractivity contribution in [1.29, 1.82) is 0 Å². The quantitative estimate of drug-likeness (QED) is 0.909. The van der Waals surface area contributed by atoms with Gasteiger partial charge < -0.3 is 10.2 Å². The summed E-state index contributed by atoms with van der Waals surface area (Å²) in [4.78, 5) is 26.9. The van der Waals surface area contributed by atoms with Gasteiger partial charge in [-0.1, -0.05) is 23.4 Å². The van der Waals surface area contributed by atoms with Crippen LogP contribution in [0.5, 0.6) is 0 Å². The van der Waals surface area contributed by atoms with Crippen LogP contribution in [0.1, 0.15) is 43.1 Å². The standard InChI is InChI=1S/C19H23N5O2/c1-14(18(26)23-11-9-19(7-8-19)10-12-23)20-17(25)16-13-24(22-21-16)15-5-3-2-4-6-15/h2-6,13-14H,7-12H2,1H3,(H,20,25)/t14-/m1/s1. The fourth-order valence-corrected chi connectivity index (χ4v) is 3.56. The Kier molecular flexibility index (Phi) is 4.22. The van der Waals surface area contributed by atoms with E-state index in [0.717, 1.165) is 31.6 Å². The molecule has 1 saturated heterocycles. The molecule has 2 fully saturated rings. The molecule has 26 heavy (non-hydrogen) atoms. The fourth-order valence-electron chi connectivity index (χ4n) is 3.56. The highest BCUT2D eigenvalue weighted by atomic mass is 16.2. The maximum atomic E-state index is 12.6. The highest BCUT2D eigenvalue weighted by Gasteiger charge is 2.45. The lowest BCUT2D eigenvalue weighted by Crippen LogP contribution is -2.49. The fraction of sp³-hybridized carbons (Fsp3) is 0.474. The van der Waals surface area contributed by atoms with Crippen LogP contribution in [0.2, 0.25) is 0 Å². The lowest BCUT2D eigenvalue weighted by Gasteiger charge is -2.33. The summed E-state index contributed by atoms with van der Waals surface area (Å²) >= 11 is 0. The smallest absolute Gasteiger partial charge is 0.274 e. The number of piperidine rings is 1. The molecule has 0 bridgehead atoms. The molecule has 1 aliphatic heterocycles. The number of rotatable bonds is 4. The largest absolute Gasteiger partial charge is 0.341 e. The molecular formula is C19H23N5O2. The second kappa shape index (κ2) is 6.55. The molecule has 7 heteroatoms.